The van der Waals surface area contributed by atoms with Crippen molar-refractivity contribution in [1.29, 1.82) is 0 Å². The third-order valence-electron chi connectivity index (χ3n) is 5.99. The first kappa shape index (κ1) is 16.6. The Bertz CT molecular complexity index is 453. The van der Waals surface area contributed by atoms with Gasteiger partial charge in [-0.25, -0.2) is 0 Å². The van der Waals surface area contributed by atoms with Crippen molar-refractivity contribution in [2.24, 2.45) is 16.3 Å². The van der Waals surface area contributed by atoms with Crippen LogP contribution in [0.25, 0.3) is 0 Å². The number of aliphatic imine (C=N–C) groups is 1. The summed E-state index contributed by atoms with van der Waals surface area (Å²) >= 11 is 0. The van der Waals surface area contributed by atoms with Crippen LogP contribution in [0.2, 0.25) is 0 Å². The molecule has 0 aromatic carbocycles. The van der Waals surface area contributed by atoms with Crippen LogP contribution < -0.4 is 10.6 Å². The van der Waals surface area contributed by atoms with E-state index in [4.69, 9.17) is 4.74 Å². The summed E-state index contributed by atoms with van der Waals surface area (Å²) in [5, 5.41) is 7.39. The minimum Gasteiger partial charge on any atom is -0.377 e. The molecule has 2 N–H and O–H groups in total. The van der Waals surface area contributed by atoms with E-state index in [0.717, 1.165) is 32.0 Å². The average Bonchev–Trinajstić information content (AvgIpc) is 3.05. The zero-order chi connectivity index (χ0) is 14.3. The van der Waals surface area contributed by atoms with Crippen LogP contribution in [0.1, 0.15) is 45.4 Å². The van der Waals surface area contributed by atoms with Gasteiger partial charge >= 0.3 is 0 Å². The van der Waals surface area contributed by atoms with Crippen molar-refractivity contribution in [3.63, 3.8) is 0 Å². The van der Waals surface area contributed by atoms with Gasteiger partial charge < -0.3 is 15.4 Å². The molecule has 3 aliphatic carbocycles. The van der Waals surface area contributed by atoms with Crippen LogP contribution in [0.5, 0.6) is 0 Å². The fourth-order valence-electron chi connectivity index (χ4n) is 4.82. The molecule has 0 aromatic heterocycles. The molecule has 1 spiro atoms. The van der Waals surface area contributed by atoms with E-state index in [2.05, 4.69) is 34.7 Å². The maximum Gasteiger partial charge on any atom is 0.191 e. The van der Waals surface area contributed by atoms with Crippen molar-refractivity contribution in [1.82, 2.24) is 10.6 Å². The summed E-state index contributed by atoms with van der Waals surface area (Å²) in [5.74, 6) is 1.73. The van der Waals surface area contributed by atoms with Gasteiger partial charge in [0, 0.05) is 36.6 Å². The van der Waals surface area contributed by atoms with Gasteiger partial charge in [-0.1, -0.05) is 18.6 Å². The van der Waals surface area contributed by atoms with Crippen LogP contribution in [-0.4, -0.2) is 37.3 Å². The topological polar surface area (TPSA) is 45.7 Å². The summed E-state index contributed by atoms with van der Waals surface area (Å²) in [7, 11) is 0. The molecule has 4 aliphatic rings. The second kappa shape index (κ2) is 6.67. The number of fused-ring (bicyclic) bond motifs is 2. The highest BCUT2D eigenvalue weighted by Gasteiger charge is 2.66. The Balaban J connectivity index is 0.00000144. The van der Waals surface area contributed by atoms with Gasteiger partial charge in [-0.2, -0.15) is 0 Å². The first-order valence-electron chi connectivity index (χ1n) is 8.67. The predicted molar refractivity (Wildman–Crippen MR) is 99.7 cm³/mol. The van der Waals surface area contributed by atoms with E-state index >= 15 is 0 Å². The van der Waals surface area contributed by atoms with Gasteiger partial charge in [-0.15, -0.1) is 24.0 Å². The molecule has 4 nitrogen and oxygen atoms in total. The molecule has 4 rings (SSSR count). The first-order valence-corrected chi connectivity index (χ1v) is 8.67. The summed E-state index contributed by atoms with van der Waals surface area (Å²) < 4.78 is 6.00. The zero-order valence-corrected chi connectivity index (χ0v) is 15.7. The van der Waals surface area contributed by atoms with Crippen LogP contribution in [0.15, 0.2) is 17.1 Å². The molecule has 1 heterocycles. The lowest BCUT2D eigenvalue weighted by Crippen LogP contribution is -2.72. The number of nitrogens with zero attached hydrogens (tertiary/aromatic N) is 1. The molecular formula is C17H28IN3O. The fraction of sp³-hybridized carbons (Fsp3) is 0.824. The summed E-state index contributed by atoms with van der Waals surface area (Å²) in [6.07, 6.45) is 12.5. The molecule has 3 atom stereocenters. The normalized spacial score (nSPS) is 35.5. The third-order valence-corrected chi connectivity index (χ3v) is 5.99. The molecular weight excluding hydrogens is 389 g/mol. The van der Waals surface area contributed by atoms with Crippen LogP contribution in [0.4, 0.5) is 0 Å². The lowest BCUT2D eigenvalue weighted by molar-refractivity contribution is -0.171. The summed E-state index contributed by atoms with van der Waals surface area (Å²) in [6.45, 7) is 3.90. The fourth-order valence-corrected chi connectivity index (χ4v) is 4.82. The predicted octanol–water partition coefficient (Wildman–Crippen LogP) is 2.84. The maximum atomic E-state index is 6.00. The van der Waals surface area contributed by atoms with E-state index in [0.29, 0.717) is 29.5 Å². The minimum absolute atomic E-state index is 0. The Labute approximate surface area is 150 Å². The Morgan fingerprint density at radius 3 is 2.68 bits per heavy atom. The smallest absolute Gasteiger partial charge is 0.191 e. The summed E-state index contributed by atoms with van der Waals surface area (Å²) in [6, 6.07) is 1.10. The number of hydrogen-bond acceptors (Lipinski definition) is 2. The third kappa shape index (κ3) is 2.58. The van der Waals surface area contributed by atoms with Gasteiger partial charge in [-0.3, -0.25) is 4.99 Å². The second-order valence-electron chi connectivity index (χ2n) is 7.06. The Hall–Kier alpha value is -0.300. The van der Waals surface area contributed by atoms with Crippen LogP contribution >= 0.6 is 24.0 Å². The van der Waals surface area contributed by atoms with Crippen molar-refractivity contribution in [2.75, 3.05) is 13.2 Å². The summed E-state index contributed by atoms with van der Waals surface area (Å²) in [4.78, 5) is 4.67. The zero-order valence-electron chi connectivity index (χ0n) is 13.4. The van der Waals surface area contributed by atoms with Gasteiger partial charge in [0.05, 0.1) is 6.10 Å². The van der Waals surface area contributed by atoms with Crippen LogP contribution in [-0.2, 0) is 4.74 Å². The summed E-state index contributed by atoms with van der Waals surface area (Å²) in [5.41, 5.74) is 0.422. The van der Waals surface area contributed by atoms with E-state index in [1.54, 1.807) is 0 Å². The molecule has 3 unspecified atom stereocenters. The van der Waals surface area contributed by atoms with Gasteiger partial charge in [0.2, 0.25) is 0 Å². The number of hydrogen-bond donors (Lipinski definition) is 2. The van der Waals surface area contributed by atoms with Crippen molar-refractivity contribution < 1.29 is 4.74 Å². The molecule has 2 saturated carbocycles. The highest BCUT2D eigenvalue weighted by atomic mass is 127. The maximum absolute atomic E-state index is 6.00. The molecule has 0 amide bonds. The molecule has 22 heavy (non-hydrogen) atoms. The molecule has 0 radical (unpaired) electrons. The highest BCUT2D eigenvalue weighted by molar-refractivity contribution is 14.0. The molecule has 5 heteroatoms. The van der Waals surface area contributed by atoms with Crippen LogP contribution in [0.3, 0.4) is 0 Å². The average molecular weight is 417 g/mol. The molecule has 3 fully saturated rings. The Morgan fingerprint density at radius 1 is 1.27 bits per heavy atom. The van der Waals surface area contributed by atoms with Gasteiger partial charge in [0.15, 0.2) is 5.96 Å². The largest absolute Gasteiger partial charge is 0.377 e. The first-order chi connectivity index (χ1) is 10.3. The quantitative estimate of drug-likeness (QED) is 0.321. The van der Waals surface area contributed by atoms with E-state index in [-0.39, 0.29) is 24.0 Å². The van der Waals surface area contributed by atoms with E-state index < -0.39 is 0 Å². The van der Waals surface area contributed by atoms with Crippen molar-refractivity contribution in [3.8, 4) is 0 Å². The number of ether oxygens (including phenoxy) is 1. The van der Waals surface area contributed by atoms with E-state index in [1.807, 2.05) is 0 Å². The van der Waals surface area contributed by atoms with E-state index in [1.165, 1.54) is 25.7 Å². The minimum atomic E-state index is 0. The standard InChI is InChI=1S/C17H27N3O.HI/c1-2-18-16(19-12-6-3-4-7-12)20-14-13-8-11-21-15(13)17(14)9-5-10-17;/h3-4,12-15H,2,5-11H2,1H3,(H2,18,19,20);1H. The van der Waals surface area contributed by atoms with Gasteiger partial charge in [0.1, 0.15) is 0 Å². The Kier molecular flexibility index (Phi) is 5.02. The van der Waals surface area contributed by atoms with Crippen molar-refractivity contribution in [2.45, 2.75) is 63.6 Å². The molecule has 0 aromatic rings. The molecule has 0 bridgehead atoms. The highest BCUT2D eigenvalue weighted by Crippen LogP contribution is 2.62. The Morgan fingerprint density at radius 2 is 2.05 bits per heavy atom. The molecule has 1 saturated heterocycles. The van der Waals surface area contributed by atoms with Crippen LogP contribution in [0, 0.1) is 11.3 Å². The van der Waals surface area contributed by atoms with Crippen molar-refractivity contribution in [3.05, 3.63) is 12.2 Å². The monoisotopic (exact) mass is 417 g/mol. The SMILES string of the molecule is CCN=C(NC1CC=CC1)NC1C2CCOC2C12CCC2.I. The van der Waals surface area contributed by atoms with Crippen molar-refractivity contribution >= 4 is 29.9 Å². The van der Waals surface area contributed by atoms with E-state index in [9.17, 15) is 0 Å². The lowest BCUT2D eigenvalue weighted by atomic mass is 9.46. The van der Waals surface area contributed by atoms with Gasteiger partial charge in [-0.05, 0) is 39.0 Å². The molecule has 124 valence electrons. The molecule has 1 aliphatic heterocycles. The number of nitrogens with one attached hydrogen (secondary N) is 2. The number of halogens is 1. The lowest BCUT2D eigenvalue weighted by Gasteiger charge is -2.63. The van der Waals surface area contributed by atoms with Gasteiger partial charge in [0.25, 0.3) is 0 Å². The number of guanidine groups is 1. The second-order valence-corrected chi connectivity index (χ2v) is 7.06. The number of rotatable bonds is 3.